The van der Waals surface area contributed by atoms with Crippen LogP contribution < -0.4 is 15.6 Å². The number of ether oxygens (including phenoxy) is 1. The SMILES string of the molecule is COc1ccccc1Sc1ccc(S(N)(=O)=O)cc1N. The fourth-order valence-corrected chi connectivity index (χ4v) is 3.12. The highest BCUT2D eigenvalue weighted by molar-refractivity contribution is 7.99. The quantitative estimate of drug-likeness (QED) is 0.843. The number of primary sulfonamides is 1. The Bertz CT molecular complexity index is 730. The van der Waals surface area contributed by atoms with E-state index in [1.807, 2.05) is 24.3 Å². The van der Waals surface area contributed by atoms with E-state index in [1.165, 1.54) is 23.9 Å². The number of para-hydroxylation sites is 1. The van der Waals surface area contributed by atoms with Crippen LogP contribution in [0.4, 0.5) is 5.69 Å². The van der Waals surface area contributed by atoms with E-state index >= 15 is 0 Å². The monoisotopic (exact) mass is 310 g/mol. The van der Waals surface area contributed by atoms with E-state index in [-0.39, 0.29) is 4.90 Å². The highest BCUT2D eigenvalue weighted by Gasteiger charge is 2.12. The summed E-state index contributed by atoms with van der Waals surface area (Å²) < 4.78 is 27.8. The van der Waals surface area contributed by atoms with Gasteiger partial charge in [-0.25, -0.2) is 13.6 Å². The first-order valence-electron chi connectivity index (χ1n) is 5.65. The third-order valence-electron chi connectivity index (χ3n) is 2.60. The third-order valence-corrected chi connectivity index (χ3v) is 4.66. The second-order valence-corrected chi connectivity index (χ2v) is 6.64. The van der Waals surface area contributed by atoms with Gasteiger partial charge in [0.1, 0.15) is 5.75 Å². The van der Waals surface area contributed by atoms with Crippen LogP contribution in [0.2, 0.25) is 0 Å². The number of rotatable bonds is 4. The van der Waals surface area contributed by atoms with Crippen LogP contribution in [0, 0.1) is 0 Å². The maximum absolute atomic E-state index is 11.3. The highest BCUT2D eigenvalue weighted by atomic mass is 32.2. The standard InChI is InChI=1S/C13H14N2O3S2/c1-18-11-4-2-3-5-13(11)19-12-7-6-9(8-10(12)14)20(15,16)17/h2-8H,14H2,1H3,(H2,15,16,17). The summed E-state index contributed by atoms with van der Waals surface area (Å²) in [6.45, 7) is 0. The van der Waals surface area contributed by atoms with Gasteiger partial charge in [-0.2, -0.15) is 0 Å². The lowest BCUT2D eigenvalue weighted by Gasteiger charge is -2.10. The summed E-state index contributed by atoms with van der Waals surface area (Å²) in [5, 5.41) is 5.06. The number of hydrogen-bond donors (Lipinski definition) is 2. The number of hydrogen-bond acceptors (Lipinski definition) is 5. The molecule has 0 aromatic heterocycles. The van der Waals surface area contributed by atoms with Crippen LogP contribution in [-0.2, 0) is 10.0 Å². The summed E-state index contributed by atoms with van der Waals surface area (Å²) in [6.07, 6.45) is 0. The Balaban J connectivity index is 2.35. The lowest BCUT2D eigenvalue weighted by atomic mass is 10.3. The van der Waals surface area contributed by atoms with Gasteiger partial charge in [-0.1, -0.05) is 23.9 Å². The smallest absolute Gasteiger partial charge is 0.238 e. The molecule has 0 atom stereocenters. The molecule has 0 radical (unpaired) electrons. The molecule has 0 bridgehead atoms. The molecule has 0 heterocycles. The number of sulfonamides is 1. The van der Waals surface area contributed by atoms with Crippen LogP contribution in [0.5, 0.6) is 5.75 Å². The minimum Gasteiger partial charge on any atom is -0.496 e. The summed E-state index contributed by atoms with van der Waals surface area (Å²) in [6, 6.07) is 11.9. The summed E-state index contributed by atoms with van der Waals surface area (Å²) in [5.41, 5.74) is 6.23. The molecule has 0 aliphatic carbocycles. The summed E-state index contributed by atoms with van der Waals surface area (Å²) in [4.78, 5) is 1.63. The van der Waals surface area contributed by atoms with Gasteiger partial charge in [0.15, 0.2) is 0 Å². The van der Waals surface area contributed by atoms with Crippen LogP contribution in [-0.4, -0.2) is 15.5 Å². The first-order valence-corrected chi connectivity index (χ1v) is 8.01. The number of methoxy groups -OCH3 is 1. The molecule has 0 fully saturated rings. The zero-order chi connectivity index (χ0) is 14.8. The second kappa shape index (κ2) is 5.74. The van der Waals surface area contributed by atoms with E-state index in [0.29, 0.717) is 5.69 Å². The van der Waals surface area contributed by atoms with Crippen LogP contribution in [0.25, 0.3) is 0 Å². The molecular formula is C13H14N2O3S2. The van der Waals surface area contributed by atoms with Crippen LogP contribution >= 0.6 is 11.8 Å². The zero-order valence-corrected chi connectivity index (χ0v) is 12.4. The molecule has 106 valence electrons. The third kappa shape index (κ3) is 3.24. The molecule has 0 aliphatic heterocycles. The van der Waals surface area contributed by atoms with Crippen molar-refractivity contribution in [1.29, 1.82) is 0 Å². The van der Waals surface area contributed by atoms with Crippen molar-refractivity contribution in [2.45, 2.75) is 14.7 Å². The first-order chi connectivity index (χ1) is 9.41. The Morgan fingerprint density at radius 3 is 2.40 bits per heavy atom. The van der Waals surface area contributed by atoms with Crippen LogP contribution in [0.3, 0.4) is 0 Å². The molecule has 5 nitrogen and oxygen atoms in total. The molecule has 2 rings (SSSR count). The Morgan fingerprint density at radius 2 is 1.80 bits per heavy atom. The van der Waals surface area contributed by atoms with Crippen molar-refractivity contribution < 1.29 is 13.2 Å². The van der Waals surface area contributed by atoms with E-state index in [4.69, 9.17) is 15.6 Å². The van der Waals surface area contributed by atoms with E-state index in [0.717, 1.165) is 15.5 Å². The maximum atomic E-state index is 11.3. The van der Waals surface area contributed by atoms with Gasteiger partial charge in [-0.05, 0) is 30.3 Å². The van der Waals surface area contributed by atoms with E-state index in [2.05, 4.69) is 0 Å². The molecule has 2 aromatic carbocycles. The molecule has 2 aromatic rings. The molecule has 0 amide bonds. The van der Waals surface area contributed by atoms with Gasteiger partial charge >= 0.3 is 0 Å². The Labute approximate surface area is 122 Å². The number of nitrogens with two attached hydrogens (primary N) is 2. The fourth-order valence-electron chi connectivity index (χ4n) is 1.62. The Morgan fingerprint density at radius 1 is 1.10 bits per heavy atom. The predicted molar refractivity (Wildman–Crippen MR) is 79.3 cm³/mol. The largest absolute Gasteiger partial charge is 0.496 e. The minimum absolute atomic E-state index is 0.000577. The average Bonchev–Trinajstić information content (AvgIpc) is 2.40. The molecule has 0 unspecified atom stereocenters. The Hall–Kier alpha value is -1.70. The van der Waals surface area contributed by atoms with Gasteiger partial charge in [-0.15, -0.1) is 0 Å². The minimum atomic E-state index is -3.74. The number of nitrogen functional groups attached to an aromatic ring is 1. The summed E-state index contributed by atoms with van der Waals surface area (Å²) in [7, 11) is -2.15. The average molecular weight is 310 g/mol. The molecule has 4 N–H and O–H groups in total. The first kappa shape index (κ1) is 14.7. The maximum Gasteiger partial charge on any atom is 0.238 e. The van der Waals surface area contributed by atoms with Gasteiger partial charge < -0.3 is 10.5 Å². The van der Waals surface area contributed by atoms with E-state index in [9.17, 15) is 8.42 Å². The van der Waals surface area contributed by atoms with Crippen molar-refractivity contribution >= 4 is 27.5 Å². The van der Waals surface area contributed by atoms with Crippen LogP contribution in [0.15, 0.2) is 57.2 Å². The molecule has 20 heavy (non-hydrogen) atoms. The summed E-state index contributed by atoms with van der Waals surface area (Å²) in [5.74, 6) is 0.729. The number of benzene rings is 2. The van der Waals surface area contributed by atoms with Gasteiger partial charge in [0.25, 0.3) is 0 Å². The Kier molecular flexibility index (Phi) is 4.22. The topological polar surface area (TPSA) is 95.4 Å². The number of anilines is 1. The van der Waals surface area contributed by atoms with Crippen molar-refractivity contribution in [3.63, 3.8) is 0 Å². The second-order valence-electron chi connectivity index (χ2n) is 4.00. The fraction of sp³-hybridized carbons (Fsp3) is 0.0769. The molecule has 0 spiro atoms. The molecular weight excluding hydrogens is 296 g/mol. The summed E-state index contributed by atoms with van der Waals surface area (Å²) >= 11 is 1.40. The van der Waals surface area contributed by atoms with Gasteiger partial charge in [0.2, 0.25) is 10.0 Å². The lowest BCUT2D eigenvalue weighted by Crippen LogP contribution is -2.12. The van der Waals surface area contributed by atoms with Gasteiger partial charge in [0, 0.05) is 10.6 Å². The molecule has 0 saturated carbocycles. The molecule has 7 heteroatoms. The van der Waals surface area contributed by atoms with Crippen molar-refractivity contribution in [3.8, 4) is 5.75 Å². The lowest BCUT2D eigenvalue weighted by molar-refractivity contribution is 0.405. The molecule has 0 saturated heterocycles. The van der Waals surface area contributed by atoms with Crippen molar-refractivity contribution in [3.05, 3.63) is 42.5 Å². The van der Waals surface area contributed by atoms with Gasteiger partial charge in [-0.3, -0.25) is 0 Å². The molecule has 0 aliphatic rings. The van der Waals surface area contributed by atoms with Crippen molar-refractivity contribution in [2.75, 3.05) is 12.8 Å². The normalized spacial score (nSPS) is 11.3. The highest BCUT2D eigenvalue weighted by Crippen LogP contribution is 2.37. The van der Waals surface area contributed by atoms with Crippen molar-refractivity contribution in [2.24, 2.45) is 5.14 Å². The van der Waals surface area contributed by atoms with E-state index in [1.54, 1.807) is 13.2 Å². The van der Waals surface area contributed by atoms with Crippen LogP contribution in [0.1, 0.15) is 0 Å². The zero-order valence-electron chi connectivity index (χ0n) is 10.7. The van der Waals surface area contributed by atoms with Crippen molar-refractivity contribution in [1.82, 2.24) is 0 Å². The van der Waals surface area contributed by atoms with E-state index < -0.39 is 10.0 Å². The predicted octanol–water partition coefficient (Wildman–Crippen LogP) is 2.08. The van der Waals surface area contributed by atoms with Gasteiger partial charge in [0.05, 0.1) is 16.9 Å².